The normalized spacial score (nSPS) is 10.5. The van der Waals surface area contributed by atoms with Crippen molar-refractivity contribution in [2.75, 3.05) is 6.54 Å². The second-order valence-corrected chi connectivity index (χ2v) is 5.22. The minimum Gasteiger partial charge on any atom is -0.350 e. The van der Waals surface area contributed by atoms with Crippen LogP contribution in [0.2, 0.25) is 5.02 Å². The summed E-state index contributed by atoms with van der Waals surface area (Å²) < 4.78 is 1.90. The minimum absolute atomic E-state index is 0.140. The summed E-state index contributed by atoms with van der Waals surface area (Å²) in [5, 5.41) is 3.47. The average Bonchev–Trinajstić information content (AvgIpc) is 3.05. The molecule has 23 heavy (non-hydrogen) atoms. The molecule has 0 aliphatic rings. The van der Waals surface area contributed by atoms with E-state index in [9.17, 15) is 4.79 Å². The van der Waals surface area contributed by atoms with E-state index in [0.717, 1.165) is 0 Å². The monoisotopic (exact) mass is 327 g/mol. The zero-order valence-electron chi connectivity index (χ0n) is 12.2. The Morgan fingerprint density at radius 1 is 1.09 bits per heavy atom. The molecular weight excluding hydrogens is 314 g/mol. The summed E-state index contributed by atoms with van der Waals surface area (Å²) >= 11 is 5.81. The van der Waals surface area contributed by atoms with E-state index < -0.39 is 0 Å². The Morgan fingerprint density at radius 2 is 1.83 bits per heavy atom. The van der Waals surface area contributed by atoms with Crippen LogP contribution in [0, 0.1) is 0 Å². The molecule has 0 unspecified atom stereocenters. The second-order valence-electron chi connectivity index (χ2n) is 4.78. The van der Waals surface area contributed by atoms with Crippen LogP contribution >= 0.6 is 11.6 Å². The van der Waals surface area contributed by atoms with Gasteiger partial charge in [-0.25, -0.2) is 15.0 Å². The summed E-state index contributed by atoms with van der Waals surface area (Å²) in [6.45, 7) is 1.05. The molecule has 0 bridgehead atoms. The van der Waals surface area contributed by atoms with E-state index >= 15 is 0 Å². The summed E-state index contributed by atoms with van der Waals surface area (Å²) in [7, 11) is 0. The van der Waals surface area contributed by atoms with Gasteiger partial charge >= 0.3 is 0 Å². The molecule has 7 heteroatoms. The Morgan fingerprint density at radius 3 is 2.57 bits per heavy atom. The number of imidazole rings is 1. The van der Waals surface area contributed by atoms with Crippen LogP contribution in [0.25, 0.3) is 11.6 Å². The smallest absolute Gasteiger partial charge is 0.251 e. The molecule has 0 fully saturated rings. The van der Waals surface area contributed by atoms with Gasteiger partial charge < -0.3 is 9.88 Å². The third-order valence-corrected chi connectivity index (χ3v) is 3.48. The number of carbonyl (C=O) groups is 1. The SMILES string of the molecule is O=C(NCCn1ccnc1-c1ncccn1)c1ccc(Cl)cc1. The lowest BCUT2D eigenvalue weighted by atomic mass is 10.2. The van der Waals surface area contributed by atoms with Gasteiger partial charge in [0.15, 0.2) is 11.6 Å². The zero-order valence-corrected chi connectivity index (χ0v) is 12.9. The van der Waals surface area contributed by atoms with Gasteiger partial charge in [-0.3, -0.25) is 4.79 Å². The van der Waals surface area contributed by atoms with E-state index in [1.165, 1.54) is 0 Å². The van der Waals surface area contributed by atoms with Crippen LogP contribution < -0.4 is 5.32 Å². The predicted molar refractivity (Wildman–Crippen MR) is 87.0 cm³/mol. The number of benzene rings is 1. The Labute approximate surface area is 138 Å². The van der Waals surface area contributed by atoms with Crippen LogP contribution in [0.5, 0.6) is 0 Å². The van der Waals surface area contributed by atoms with Crippen molar-refractivity contribution in [1.82, 2.24) is 24.8 Å². The number of nitrogens with zero attached hydrogens (tertiary/aromatic N) is 4. The number of nitrogens with one attached hydrogen (secondary N) is 1. The maximum absolute atomic E-state index is 12.0. The molecule has 0 atom stereocenters. The van der Waals surface area contributed by atoms with Gasteiger partial charge in [0.05, 0.1) is 0 Å². The van der Waals surface area contributed by atoms with Crippen LogP contribution in [-0.4, -0.2) is 32.0 Å². The highest BCUT2D eigenvalue weighted by molar-refractivity contribution is 6.30. The third-order valence-electron chi connectivity index (χ3n) is 3.23. The van der Waals surface area contributed by atoms with Crippen molar-refractivity contribution in [1.29, 1.82) is 0 Å². The van der Waals surface area contributed by atoms with Crippen molar-refractivity contribution >= 4 is 17.5 Å². The summed E-state index contributed by atoms with van der Waals surface area (Å²) in [5.74, 6) is 1.09. The molecule has 3 rings (SSSR count). The number of hydrogen-bond donors (Lipinski definition) is 1. The molecular formula is C16H14ClN5O. The predicted octanol–water partition coefficient (Wildman–Crippen LogP) is 2.42. The summed E-state index contributed by atoms with van der Waals surface area (Å²) in [6.07, 6.45) is 6.86. The van der Waals surface area contributed by atoms with Crippen molar-refractivity contribution in [2.24, 2.45) is 0 Å². The van der Waals surface area contributed by atoms with Gasteiger partial charge in [-0.2, -0.15) is 0 Å². The van der Waals surface area contributed by atoms with E-state index in [2.05, 4.69) is 20.3 Å². The quantitative estimate of drug-likeness (QED) is 0.781. The molecule has 2 heterocycles. The van der Waals surface area contributed by atoms with Crippen molar-refractivity contribution in [3.63, 3.8) is 0 Å². The standard InChI is InChI=1S/C16H14ClN5O/c17-13-4-2-12(3-5-13)16(23)21-9-11-22-10-8-20-15(22)14-18-6-1-7-19-14/h1-8,10H,9,11H2,(H,21,23). The van der Waals surface area contributed by atoms with Crippen molar-refractivity contribution in [3.8, 4) is 11.6 Å². The van der Waals surface area contributed by atoms with Crippen LogP contribution in [0.1, 0.15) is 10.4 Å². The van der Waals surface area contributed by atoms with Crippen molar-refractivity contribution in [3.05, 3.63) is 65.7 Å². The second kappa shape index (κ2) is 7.02. The Kier molecular flexibility index (Phi) is 4.63. The number of aromatic nitrogens is 4. The number of halogens is 1. The molecule has 6 nitrogen and oxygen atoms in total. The van der Waals surface area contributed by atoms with Crippen LogP contribution in [0.15, 0.2) is 55.1 Å². The Balaban J connectivity index is 1.60. The lowest BCUT2D eigenvalue weighted by Crippen LogP contribution is -2.27. The Bertz CT molecular complexity index is 786. The molecule has 1 N–H and O–H groups in total. The van der Waals surface area contributed by atoms with Gasteiger partial charge in [0.25, 0.3) is 5.91 Å². The molecule has 0 aliphatic carbocycles. The van der Waals surface area contributed by atoms with Gasteiger partial charge in [-0.1, -0.05) is 11.6 Å². The van der Waals surface area contributed by atoms with Crippen LogP contribution in [-0.2, 0) is 6.54 Å². The lowest BCUT2D eigenvalue weighted by Gasteiger charge is -2.08. The molecule has 1 amide bonds. The summed E-state index contributed by atoms with van der Waals surface area (Å²) in [6, 6.07) is 8.52. The molecule has 0 radical (unpaired) electrons. The molecule has 1 aromatic carbocycles. The fourth-order valence-corrected chi connectivity index (χ4v) is 2.23. The fourth-order valence-electron chi connectivity index (χ4n) is 2.10. The molecule has 0 saturated carbocycles. The first-order valence-corrected chi connectivity index (χ1v) is 7.44. The number of amides is 1. The van der Waals surface area contributed by atoms with E-state index in [1.54, 1.807) is 48.9 Å². The molecule has 3 aromatic rings. The van der Waals surface area contributed by atoms with Gasteiger partial charge in [0, 0.05) is 48.5 Å². The minimum atomic E-state index is -0.140. The zero-order chi connectivity index (χ0) is 16.1. The third kappa shape index (κ3) is 3.73. The average molecular weight is 328 g/mol. The first-order valence-electron chi connectivity index (χ1n) is 7.06. The first kappa shape index (κ1) is 15.2. The Hall–Kier alpha value is -2.73. The first-order chi connectivity index (χ1) is 11.2. The number of carbonyl (C=O) groups excluding carboxylic acids is 1. The fraction of sp³-hybridized carbons (Fsp3) is 0.125. The molecule has 116 valence electrons. The molecule has 0 aliphatic heterocycles. The van der Waals surface area contributed by atoms with Crippen LogP contribution in [0.3, 0.4) is 0 Å². The van der Waals surface area contributed by atoms with Gasteiger partial charge in [0.2, 0.25) is 0 Å². The summed E-state index contributed by atoms with van der Waals surface area (Å²) in [5.41, 5.74) is 0.576. The lowest BCUT2D eigenvalue weighted by molar-refractivity contribution is 0.0952. The molecule has 2 aromatic heterocycles. The highest BCUT2D eigenvalue weighted by atomic mass is 35.5. The van der Waals surface area contributed by atoms with E-state index in [0.29, 0.717) is 35.3 Å². The maximum Gasteiger partial charge on any atom is 0.251 e. The van der Waals surface area contributed by atoms with Crippen molar-refractivity contribution in [2.45, 2.75) is 6.54 Å². The van der Waals surface area contributed by atoms with E-state index in [4.69, 9.17) is 11.6 Å². The summed E-state index contributed by atoms with van der Waals surface area (Å²) in [4.78, 5) is 24.7. The van der Waals surface area contributed by atoms with Gasteiger partial charge in [-0.05, 0) is 30.3 Å². The number of rotatable bonds is 5. The topological polar surface area (TPSA) is 72.7 Å². The highest BCUT2D eigenvalue weighted by Gasteiger charge is 2.09. The van der Waals surface area contributed by atoms with Crippen LogP contribution in [0.4, 0.5) is 0 Å². The maximum atomic E-state index is 12.0. The van der Waals surface area contributed by atoms with E-state index in [1.807, 2.05) is 10.8 Å². The van der Waals surface area contributed by atoms with E-state index in [-0.39, 0.29) is 5.91 Å². The highest BCUT2D eigenvalue weighted by Crippen LogP contribution is 2.11. The van der Waals surface area contributed by atoms with Gasteiger partial charge in [-0.15, -0.1) is 0 Å². The largest absolute Gasteiger partial charge is 0.350 e. The number of hydrogen-bond acceptors (Lipinski definition) is 4. The van der Waals surface area contributed by atoms with Gasteiger partial charge in [0.1, 0.15) is 0 Å². The molecule has 0 spiro atoms. The van der Waals surface area contributed by atoms with Crippen molar-refractivity contribution < 1.29 is 4.79 Å². The molecule has 0 saturated heterocycles.